The lowest BCUT2D eigenvalue weighted by Crippen LogP contribution is -2.57. The van der Waals surface area contributed by atoms with Crippen LogP contribution in [-0.4, -0.2) is 19.1 Å². The third kappa shape index (κ3) is 2.20. The molecule has 5 aliphatic carbocycles. The van der Waals surface area contributed by atoms with Crippen LogP contribution in [0.1, 0.15) is 50.5 Å². The zero-order valence-corrected chi connectivity index (χ0v) is 14.5. The lowest BCUT2D eigenvalue weighted by atomic mass is 9.54. The van der Waals surface area contributed by atoms with Crippen LogP contribution in [0.4, 0.5) is 0 Å². The molecule has 24 heavy (non-hydrogen) atoms. The van der Waals surface area contributed by atoms with Gasteiger partial charge in [-0.2, -0.15) is 0 Å². The van der Waals surface area contributed by atoms with E-state index < -0.39 is 0 Å². The minimum Gasteiger partial charge on any atom is -0.497 e. The highest BCUT2D eigenvalue weighted by Gasteiger charge is 2.54. The van der Waals surface area contributed by atoms with E-state index in [0.29, 0.717) is 6.04 Å². The summed E-state index contributed by atoms with van der Waals surface area (Å²) >= 11 is 0. The van der Waals surface area contributed by atoms with Crippen LogP contribution in [0, 0.1) is 23.7 Å². The Morgan fingerprint density at radius 1 is 1.00 bits per heavy atom. The maximum absolute atomic E-state index is 13.1. The van der Waals surface area contributed by atoms with Crippen LogP contribution in [-0.2, 0) is 10.2 Å². The van der Waals surface area contributed by atoms with Crippen LogP contribution in [0.25, 0.3) is 0 Å². The monoisotopic (exact) mass is 325 g/mol. The van der Waals surface area contributed by atoms with Crippen molar-refractivity contribution in [3.8, 4) is 5.75 Å². The average Bonchev–Trinajstić information content (AvgIpc) is 3.39. The summed E-state index contributed by atoms with van der Waals surface area (Å²) in [5.41, 5.74) is 0.894. The smallest absolute Gasteiger partial charge is 0.230 e. The van der Waals surface area contributed by atoms with E-state index in [1.54, 1.807) is 7.11 Å². The van der Waals surface area contributed by atoms with Gasteiger partial charge in [-0.05, 0) is 86.3 Å². The standard InChI is InChI=1S/C21H27NO2/c1-24-18-4-2-17(3-5-18)21(6-7-21)20(23)22-19-15-9-13-8-14(11-15)12-16(19)10-13/h2-5,13-16,19H,6-12H2,1H3,(H,22,23). The molecule has 0 unspecified atom stereocenters. The zero-order chi connectivity index (χ0) is 16.3. The van der Waals surface area contributed by atoms with Crippen molar-refractivity contribution in [3.63, 3.8) is 0 Å². The fourth-order valence-electron chi connectivity index (χ4n) is 6.13. The minimum atomic E-state index is -0.263. The SMILES string of the molecule is COc1ccc(C2(C(=O)NC3C4CC5CC(C4)CC3C5)CC2)cc1. The first-order chi connectivity index (χ1) is 11.7. The Hall–Kier alpha value is -1.51. The van der Waals surface area contributed by atoms with Gasteiger partial charge in [-0.15, -0.1) is 0 Å². The van der Waals surface area contributed by atoms with Crippen LogP contribution in [0.5, 0.6) is 5.75 Å². The molecule has 0 heterocycles. The fourth-order valence-corrected chi connectivity index (χ4v) is 6.13. The Kier molecular flexibility index (Phi) is 3.23. The molecule has 5 fully saturated rings. The van der Waals surface area contributed by atoms with E-state index >= 15 is 0 Å². The van der Waals surface area contributed by atoms with Crippen LogP contribution >= 0.6 is 0 Å². The predicted molar refractivity (Wildman–Crippen MR) is 92.9 cm³/mol. The van der Waals surface area contributed by atoms with Gasteiger partial charge in [0.2, 0.25) is 5.91 Å². The number of ether oxygens (including phenoxy) is 1. The summed E-state index contributed by atoms with van der Waals surface area (Å²) in [6.07, 6.45) is 8.85. The first-order valence-electron chi connectivity index (χ1n) is 9.63. The predicted octanol–water partition coefficient (Wildman–Crippen LogP) is 3.67. The minimum absolute atomic E-state index is 0.263. The first kappa shape index (κ1) is 14.8. The third-order valence-corrected chi connectivity index (χ3v) is 7.35. The van der Waals surface area contributed by atoms with Gasteiger partial charge < -0.3 is 10.1 Å². The van der Waals surface area contributed by atoms with Gasteiger partial charge in [0.15, 0.2) is 0 Å². The molecule has 1 N–H and O–H groups in total. The van der Waals surface area contributed by atoms with E-state index in [2.05, 4.69) is 17.4 Å². The quantitative estimate of drug-likeness (QED) is 0.917. The third-order valence-electron chi connectivity index (χ3n) is 7.35. The molecule has 3 heteroatoms. The van der Waals surface area contributed by atoms with Crippen LogP contribution in [0.15, 0.2) is 24.3 Å². The Morgan fingerprint density at radius 3 is 2.08 bits per heavy atom. The van der Waals surface area contributed by atoms with E-state index in [-0.39, 0.29) is 11.3 Å². The van der Waals surface area contributed by atoms with Gasteiger partial charge >= 0.3 is 0 Å². The van der Waals surface area contributed by atoms with Gasteiger partial charge in [-0.1, -0.05) is 12.1 Å². The van der Waals surface area contributed by atoms with E-state index in [1.807, 2.05) is 12.1 Å². The summed E-state index contributed by atoms with van der Waals surface area (Å²) in [4.78, 5) is 13.1. The topological polar surface area (TPSA) is 38.3 Å². The number of benzene rings is 1. The van der Waals surface area contributed by atoms with E-state index in [9.17, 15) is 4.79 Å². The van der Waals surface area contributed by atoms with E-state index in [1.165, 1.54) is 32.1 Å². The highest BCUT2D eigenvalue weighted by atomic mass is 16.5. The Bertz CT molecular complexity index is 618. The maximum atomic E-state index is 13.1. The van der Waals surface area contributed by atoms with Crippen molar-refractivity contribution in [2.24, 2.45) is 23.7 Å². The van der Waals surface area contributed by atoms with Gasteiger partial charge in [0.05, 0.1) is 12.5 Å². The molecule has 128 valence electrons. The molecule has 4 bridgehead atoms. The Morgan fingerprint density at radius 2 is 1.58 bits per heavy atom. The van der Waals surface area contributed by atoms with Crippen molar-refractivity contribution in [2.75, 3.05) is 7.11 Å². The number of hydrogen-bond donors (Lipinski definition) is 1. The van der Waals surface area contributed by atoms with Crippen molar-refractivity contribution < 1.29 is 9.53 Å². The summed E-state index contributed by atoms with van der Waals surface area (Å²) in [5.74, 6) is 4.55. The summed E-state index contributed by atoms with van der Waals surface area (Å²) in [7, 11) is 1.68. The van der Waals surface area contributed by atoms with E-state index in [4.69, 9.17) is 4.74 Å². The average molecular weight is 325 g/mol. The number of carbonyl (C=O) groups excluding carboxylic acids is 1. The van der Waals surface area contributed by atoms with Crippen LogP contribution < -0.4 is 10.1 Å². The van der Waals surface area contributed by atoms with Gasteiger partial charge in [-0.25, -0.2) is 0 Å². The lowest BCUT2D eigenvalue weighted by molar-refractivity contribution is -0.127. The van der Waals surface area contributed by atoms with Crippen molar-refractivity contribution in [1.29, 1.82) is 0 Å². The van der Waals surface area contributed by atoms with Gasteiger partial charge in [0.25, 0.3) is 0 Å². The van der Waals surface area contributed by atoms with Gasteiger partial charge in [0.1, 0.15) is 5.75 Å². The second kappa shape index (κ2) is 5.24. The molecule has 1 amide bonds. The summed E-state index contributed by atoms with van der Waals surface area (Å²) in [6.45, 7) is 0. The molecule has 0 atom stereocenters. The highest BCUT2D eigenvalue weighted by Crippen LogP contribution is 2.55. The van der Waals surface area contributed by atoms with Gasteiger partial charge in [0, 0.05) is 6.04 Å². The molecule has 5 aliphatic rings. The zero-order valence-electron chi connectivity index (χ0n) is 14.5. The second-order valence-corrected chi connectivity index (χ2v) is 8.74. The molecule has 6 rings (SSSR count). The summed E-state index contributed by atoms with van der Waals surface area (Å²) < 4.78 is 5.25. The molecule has 0 saturated heterocycles. The molecule has 0 spiro atoms. The van der Waals surface area contributed by atoms with Crippen LogP contribution in [0.2, 0.25) is 0 Å². The highest BCUT2D eigenvalue weighted by molar-refractivity contribution is 5.91. The number of hydrogen-bond acceptors (Lipinski definition) is 2. The molecular weight excluding hydrogens is 298 g/mol. The van der Waals surface area contributed by atoms with Gasteiger partial charge in [-0.3, -0.25) is 4.79 Å². The summed E-state index contributed by atoms with van der Waals surface area (Å²) in [5, 5.41) is 3.52. The van der Waals surface area contributed by atoms with Crippen molar-refractivity contribution in [3.05, 3.63) is 29.8 Å². The molecule has 1 aromatic carbocycles. The molecule has 0 aromatic heterocycles. The number of amides is 1. The van der Waals surface area contributed by atoms with Crippen molar-refractivity contribution >= 4 is 5.91 Å². The number of nitrogens with one attached hydrogen (secondary N) is 1. The van der Waals surface area contributed by atoms with Crippen LogP contribution in [0.3, 0.4) is 0 Å². The fraction of sp³-hybridized carbons (Fsp3) is 0.667. The molecule has 5 saturated carbocycles. The van der Waals surface area contributed by atoms with Crippen molar-refractivity contribution in [1.82, 2.24) is 5.32 Å². The number of carbonyl (C=O) groups is 1. The molecule has 3 nitrogen and oxygen atoms in total. The molecule has 1 aromatic rings. The van der Waals surface area contributed by atoms with E-state index in [0.717, 1.165) is 47.8 Å². The number of methoxy groups -OCH3 is 1. The lowest BCUT2D eigenvalue weighted by Gasteiger charge is -2.54. The normalized spacial score (nSPS) is 38.0. The second-order valence-electron chi connectivity index (χ2n) is 8.74. The Balaban J connectivity index is 1.33. The maximum Gasteiger partial charge on any atom is 0.230 e. The molecular formula is C21H27NO2. The molecule has 0 aliphatic heterocycles. The molecule has 0 radical (unpaired) electrons. The largest absolute Gasteiger partial charge is 0.497 e. The first-order valence-corrected chi connectivity index (χ1v) is 9.63. The summed E-state index contributed by atoms with van der Waals surface area (Å²) in [6, 6.07) is 8.54. The van der Waals surface area contributed by atoms with Crippen molar-refractivity contribution in [2.45, 2.75) is 56.4 Å². The number of rotatable bonds is 4. The Labute approximate surface area is 144 Å².